The van der Waals surface area contributed by atoms with Crippen molar-refractivity contribution in [1.29, 1.82) is 0 Å². The fraction of sp³-hybridized carbons (Fsp3) is 0.733. The van der Waals surface area contributed by atoms with Gasteiger partial charge in [-0.25, -0.2) is 8.42 Å². The minimum Gasteiger partial charge on any atom is -0.361 e. The van der Waals surface area contributed by atoms with Crippen LogP contribution in [0.3, 0.4) is 0 Å². The average Bonchev–Trinajstić information content (AvgIpc) is 2.79. The second kappa shape index (κ2) is 6.81. The smallest absolute Gasteiger partial charge is 0.238 e. The lowest BCUT2D eigenvalue weighted by molar-refractivity contribution is -0.121. The van der Waals surface area contributed by atoms with Gasteiger partial charge in [-0.3, -0.25) is 4.79 Å². The fourth-order valence-electron chi connectivity index (χ4n) is 2.76. The van der Waals surface area contributed by atoms with Crippen molar-refractivity contribution in [2.45, 2.75) is 69.9 Å². The van der Waals surface area contributed by atoms with E-state index in [-0.39, 0.29) is 11.8 Å². The third-order valence-corrected chi connectivity index (χ3v) is 6.37. The van der Waals surface area contributed by atoms with Gasteiger partial charge in [0.15, 0.2) is 9.84 Å². The zero-order chi connectivity index (χ0) is 16.3. The van der Waals surface area contributed by atoms with Crippen molar-refractivity contribution in [3.8, 4) is 0 Å². The summed E-state index contributed by atoms with van der Waals surface area (Å²) in [5.74, 6) is -0.132. The average molecular weight is 328 g/mol. The number of hydrogen-bond donors (Lipinski definition) is 1. The van der Waals surface area contributed by atoms with E-state index in [0.29, 0.717) is 17.0 Å². The van der Waals surface area contributed by atoms with Crippen molar-refractivity contribution in [2.24, 2.45) is 0 Å². The zero-order valence-corrected chi connectivity index (χ0v) is 14.2. The van der Waals surface area contributed by atoms with Crippen LogP contribution in [0.5, 0.6) is 0 Å². The Labute approximate surface area is 131 Å². The SMILES string of the molecule is Cc1noc(C)c1CS(=O)(=O)C(C)C(=O)NC1CCCCC1. The molecule has 124 valence electrons. The normalized spacial score (nSPS) is 18.1. The van der Waals surface area contributed by atoms with Gasteiger partial charge in [0.25, 0.3) is 0 Å². The molecule has 1 atom stereocenters. The molecule has 7 heteroatoms. The lowest BCUT2D eigenvalue weighted by Crippen LogP contribution is -2.44. The maximum absolute atomic E-state index is 12.5. The number of aryl methyl sites for hydroxylation is 2. The Bertz CT molecular complexity index is 610. The highest BCUT2D eigenvalue weighted by molar-refractivity contribution is 7.92. The lowest BCUT2D eigenvalue weighted by Gasteiger charge is -2.24. The Morgan fingerprint density at radius 1 is 1.32 bits per heavy atom. The van der Waals surface area contributed by atoms with Crippen molar-refractivity contribution in [3.63, 3.8) is 0 Å². The summed E-state index contributed by atoms with van der Waals surface area (Å²) < 4.78 is 29.9. The molecule has 0 aliphatic heterocycles. The van der Waals surface area contributed by atoms with Gasteiger partial charge in [-0.2, -0.15) is 0 Å². The van der Waals surface area contributed by atoms with Crippen molar-refractivity contribution < 1.29 is 17.7 Å². The minimum absolute atomic E-state index is 0.109. The van der Waals surface area contributed by atoms with Crippen LogP contribution >= 0.6 is 0 Å². The van der Waals surface area contributed by atoms with Gasteiger partial charge in [0.1, 0.15) is 11.0 Å². The first-order chi connectivity index (χ1) is 10.3. The van der Waals surface area contributed by atoms with Gasteiger partial charge in [0.05, 0.1) is 11.4 Å². The van der Waals surface area contributed by atoms with Gasteiger partial charge in [-0.05, 0) is 33.6 Å². The third kappa shape index (κ3) is 3.88. The van der Waals surface area contributed by atoms with E-state index in [9.17, 15) is 13.2 Å². The number of carbonyl (C=O) groups is 1. The van der Waals surface area contributed by atoms with Crippen LogP contribution in [-0.4, -0.2) is 30.8 Å². The van der Waals surface area contributed by atoms with Crippen LogP contribution in [0, 0.1) is 13.8 Å². The number of sulfone groups is 1. The van der Waals surface area contributed by atoms with Crippen molar-refractivity contribution in [1.82, 2.24) is 10.5 Å². The van der Waals surface area contributed by atoms with Gasteiger partial charge < -0.3 is 9.84 Å². The number of amides is 1. The summed E-state index contributed by atoms with van der Waals surface area (Å²) >= 11 is 0. The van der Waals surface area contributed by atoms with E-state index in [4.69, 9.17) is 4.52 Å². The van der Waals surface area contributed by atoms with Crippen LogP contribution in [0.25, 0.3) is 0 Å². The number of nitrogens with one attached hydrogen (secondary N) is 1. The van der Waals surface area contributed by atoms with E-state index in [1.54, 1.807) is 13.8 Å². The molecule has 1 aliphatic carbocycles. The summed E-state index contributed by atoms with van der Waals surface area (Å²) in [7, 11) is -3.59. The summed E-state index contributed by atoms with van der Waals surface area (Å²) in [6.07, 6.45) is 5.23. The first-order valence-corrected chi connectivity index (χ1v) is 9.46. The Balaban J connectivity index is 2.03. The molecule has 6 nitrogen and oxygen atoms in total. The maximum Gasteiger partial charge on any atom is 0.238 e. The van der Waals surface area contributed by atoms with Gasteiger partial charge in [0.2, 0.25) is 5.91 Å². The molecular formula is C15H24N2O4S. The van der Waals surface area contributed by atoms with Gasteiger partial charge in [-0.15, -0.1) is 0 Å². The molecule has 0 bridgehead atoms. The summed E-state index contributed by atoms with van der Waals surface area (Å²) in [4.78, 5) is 12.2. The van der Waals surface area contributed by atoms with Crippen molar-refractivity contribution >= 4 is 15.7 Å². The van der Waals surface area contributed by atoms with Crippen LogP contribution in [0.2, 0.25) is 0 Å². The van der Waals surface area contributed by atoms with Gasteiger partial charge >= 0.3 is 0 Å². The highest BCUT2D eigenvalue weighted by atomic mass is 32.2. The number of rotatable bonds is 5. The molecular weight excluding hydrogens is 304 g/mol. The van der Waals surface area contributed by atoms with Gasteiger partial charge in [0, 0.05) is 11.6 Å². The first-order valence-electron chi connectivity index (χ1n) is 7.75. The quantitative estimate of drug-likeness (QED) is 0.893. The third-order valence-electron chi connectivity index (χ3n) is 4.39. The minimum atomic E-state index is -3.59. The maximum atomic E-state index is 12.5. The largest absolute Gasteiger partial charge is 0.361 e. The summed E-state index contributed by atoms with van der Waals surface area (Å²) in [5, 5.41) is 5.57. The molecule has 1 unspecified atom stereocenters. The summed E-state index contributed by atoms with van der Waals surface area (Å²) in [6, 6.07) is 0.109. The highest BCUT2D eigenvalue weighted by Crippen LogP contribution is 2.20. The lowest BCUT2D eigenvalue weighted by atomic mass is 9.95. The molecule has 22 heavy (non-hydrogen) atoms. The first kappa shape index (κ1) is 17.0. The second-order valence-corrected chi connectivity index (χ2v) is 8.42. The van der Waals surface area contributed by atoms with Crippen LogP contribution in [0.15, 0.2) is 4.52 Å². The van der Waals surface area contributed by atoms with E-state index in [0.717, 1.165) is 25.7 Å². The van der Waals surface area contributed by atoms with Crippen LogP contribution < -0.4 is 5.32 Å². The van der Waals surface area contributed by atoms with E-state index < -0.39 is 21.0 Å². The van der Waals surface area contributed by atoms with E-state index in [1.165, 1.54) is 13.3 Å². The molecule has 1 saturated carbocycles. The molecule has 0 spiro atoms. The number of nitrogens with zero attached hydrogens (tertiary/aromatic N) is 1. The van der Waals surface area contributed by atoms with Crippen molar-refractivity contribution in [3.05, 3.63) is 17.0 Å². The fourth-order valence-corrected chi connectivity index (χ4v) is 4.22. The number of aromatic nitrogens is 1. The molecule has 1 aliphatic rings. The predicted octanol–water partition coefficient (Wildman–Crippen LogP) is 2.04. The van der Waals surface area contributed by atoms with E-state index >= 15 is 0 Å². The number of hydrogen-bond acceptors (Lipinski definition) is 5. The molecule has 1 aromatic rings. The number of carbonyl (C=O) groups excluding carboxylic acids is 1. The molecule has 1 amide bonds. The molecule has 2 rings (SSSR count). The molecule has 0 saturated heterocycles. The van der Waals surface area contributed by atoms with E-state index in [1.807, 2.05) is 0 Å². The summed E-state index contributed by atoms with van der Waals surface area (Å²) in [5.41, 5.74) is 1.11. The zero-order valence-electron chi connectivity index (χ0n) is 13.4. The summed E-state index contributed by atoms with van der Waals surface area (Å²) in [6.45, 7) is 4.83. The van der Waals surface area contributed by atoms with Crippen molar-refractivity contribution in [2.75, 3.05) is 0 Å². The molecule has 0 radical (unpaired) electrons. The Morgan fingerprint density at radius 3 is 2.50 bits per heavy atom. The van der Waals surface area contributed by atoms with E-state index in [2.05, 4.69) is 10.5 Å². The van der Waals surface area contributed by atoms with Gasteiger partial charge in [-0.1, -0.05) is 24.4 Å². The molecule has 1 N–H and O–H groups in total. The Kier molecular flexibility index (Phi) is 5.26. The Morgan fingerprint density at radius 2 is 1.95 bits per heavy atom. The van der Waals surface area contributed by atoms with Crippen LogP contribution in [0.4, 0.5) is 0 Å². The Hall–Kier alpha value is -1.37. The molecule has 1 heterocycles. The highest BCUT2D eigenvalue weighted by Gasteiger charge is 2.31. The predicted molar refractivity (Wildman–Crippen MR) is 83.1 cm³/mol. The molecule has 1 fully saturated rings. The molecule has 0 aromatic carbocycles. The second-order valence-electron chi connectivity index (χ2n) is 6.10. The monoisotopic (exact) mass is 328 g/mol. The topological polar surface area (TPSA) is 89.3 Å². The van der Waals surface area contributed by atoms with Crippen LogP contribution in [0.1, 0.15) is 56.0 Å². The van der Waals surface area contributed by atoms with Crippen LogP contribution in [-0.2, 0) is 20.4 Å². The standard InChI is InChI=1S/C15H24N2O4S/c1-10-14(11(2)21-17-10)9-22(19,20)12(3)15(18)16-13-7-5-4-6-8-13/h12-13H,4-9H2,1-3H3,(H,16,18). The molecule has 1 aromatic heterocycles.